The van der Waals surface area contributed by atoms with E-state index in [1.165, 1.54) is 0 Å². The molecule has 0 aromatic carbocycles. The third kappa shape index (κ3) is 2.08. The lowest BCUT2D eigenvalue weighted by molar-refractivity contribution is -0.144. The zero-order valence-electron chi connectivity index (χ0n) is 7.95. The van der Waals surface area contributed by atoms with Crippen LogP contribution in [0.4, 0.5) is 0 Å². The van der Waals surface area contributed by atoms with Crippen molar-refractivity contribution in [2.24, 2.45) is 11.3 Å². The molecule has 0 aliphatic heterocycles. The van der Waals surface area contributed by atoms with E-state index in [1.807, 2.05) is 6.92 Å². The fourth-order valence-corrected chi connectivity index (χ4v) is 1.99. The number of aliphatic carboxylic acids is 1. The first-order valence-electron chi connectivity index (χ1n) is 4.83. The van der Waals surface area contributed by atoms with Crippen LogP contribution in [0, 0.1) is 11.3 Å². The molecule has 0 unspecified atom stereocenters. The summed E-state index contributed by atoms with van der Waals surface area (Å²) in [5.41, 5.74) is -0.216. The van der Waals surface area contributed by atoms with Gasteiger partial charge in [-0.2, -0.15) is 0 Å². The smallest absolute Gasteiger partial charge is 0.306 e. The lowest BCUT2D eigenvalue weighted by Crippen LogP contribution is -2.31. The maximum Gasteiger partial charge on any atom is 0.306 e. The van der Waals surface area contributed by atoms with E-state index in [2.05, 4.69) is 0 Å². The van der Waals surface area contributed by atoms with Crippen LogP contribution in [0.5, 0.6) is 0 Å². The van der Waals surface area contributed by atoms with Gasteiger partial charge in [0.25, 0.3) is 0 Å². The van der Waals surface area contributed by atoms with Gasteiger partial charge in [-0.15, -0.1) is 0 Å². The minimum atomic E-state index is -0.712. The first-order valence-corrected chi connectivity index (χ1v) is 4.83. The van der Waals surface area contributed by atoms with Gasteiger partial charge in [-0.3, -0.25) is 4.79 Å². The zero-order valence-corrected chi connectivity index (χ0v) is 7.95. The van der Waals surface area contributed by atoms with Gasteiger partial charge in [-0.1, -0.05) is 6.92 Å². The largest absolute Gasteiger partial charge is 0.481 e. The van der Waals surface area contributed by atoms with Crippen LogP contribution in [-0.2, 0) is 9.59 Å². The van der Waals surface area contributed by atoms with Crippen LogP contribution in [0.1, 0.15) is 39.0 Å². The van der Waals surface area contributed by atoms with Crippen LogP contribution >= 0.6 is 0 Å². The topological polar surface area (TPSA) is 54.4 Å². The van der Waals surface area contributed by atoms with E-state index in [-0.39, 0.29) is 11.3 Å². The Balaban J connectivity index is 2.55. The third-order valence-electron chi connectivity index (χ3n) is 3.28. The Morgan fingerprint density at radius 2 is 2.08 bits per heavy atom. The summed E-state index contributed by atoms with van der Waals surface area (Å²) >= 11 is 0. The molecule has 3 nitrogen and oxygen atoms in total. The molecule has 0 amide bonds. The Morgan fingerprint density at radius 1 is 1.54 bits per heavy atom. The van der Waals surface area contributed by atoms with Gasteiger partial charge >= 0.3 is 5.97 Å². The van der Waals surface area contributed by atoms with Gasteiger partial charge in [0, 0.05) is 5.41 Å². The predicted octanol–water partition coefficient (Wildman–Crippen LogP) is 1.86. The lowest BCUT2D eigenvalue weighted by atomic mass is 9.70. The van der Waals surface area contributed by atoms with Gasteiger partial charge < -0.3 is 9.90 Å². The standard InChI is InChI=1S/C10H16O3/c1-2-10(7-11)5-3-8(4-6-10)9(12)13/h7-8H,2-6H2,1H3,(H,12,13). The van der Waals surface area contributed by atoms with E-state index in [0.29, 0.717) is 12.8 Å². The summed E-state index contributed by atoms with van der Waals surface area (Å²) in [6.45, 7) is 2.00. The number of hydrogen-bond donors (Lipinski definition) is 1. The van der Waals surface area contributed by atoms with Gasteiger partial charge in [0.15, 0.2) is 0 Å². The van der Waals surface area contributed by atoms with Crippen LogP contribution in [-0.4, -0.2) is 17.4 Å². The molecule has 0 spiro atoms. The van der Waals surface area contributed by atoms with Crippen LogP contribution in [0.25, 0.3) is 0 Å². The summed E-state index contributed by atoms with van der Waals surface area (Å²) in [4.78, 5) is 21.5. The highest BCUT2D eigenvalue weighted by Gasteiger charge is 2.35. The number of aldehydes is 1. The molecule has 1 fully saturated rings. The van der Waals surface area contributed by atoms with E-state index in [0.717, 1.165) is 25.5 Å². The second-order valence-electron chi connectivity index (χ2n) is 3.95. The molecule has 1 N–H and O–H groups in total. The van der Waals surface area contributed by atoms with Crippen molar-refractivity contribution in [1.82, 2.24) is 0 Å². The van der Waals surface area contributed by atoms with Gasteiger partial charge in [0.2, 0.25) is 0 Å². The highest BCUT2D eigenvalue weighted by Crippen LogP contribution is 2.39. The molecule has 0 atom stereocenters. The van der Waals surface area contributed by atoms with Gasteiger partial charge in [-0.05, 0) is 32.1 Å². The van der Waals surface area contributed by atoms with Crippen molar-refractivity contribution in [3.05, 3.63) is 0 Å². The molecule has 74 valence electrons. The average molecular weight is 184 g/mol. The molecule has 0 bridgehead atoms. The molecule has 0 heterocycles. The summed E-state index contributed by atoms with van der Waals surface area (Å²) in [5, 5.41) is 8.77. The van der Waals surface area contributed by atoms with Crippen molar-refractivity contribution in [2.45, 2.75) is 39.0 Å². The van der Waals surface area contributed by atoms with E-state index < -0.39 is 5.97 Å². The van der Waals surface area contributed by atoms with E-state index >= 15 is 0 Å². The number of carbonyl (C=O) groups excluding carboxylic acids is 1. The second kappa shape index (κ2) is 3.90. The van der Waals surface area contributed by atoms with Crippen LogP contribution in [0.2, 0.25) is 0 Å². The highest BCUT2D eigenvalue weighted by molar-refractivity contribution is 5.70. The van der Waals surface area contributed by atoms with Crippen molar-refractivity contribution < 1.29 is 14.7 Å². The Bertz CT molecular complexity index is 202. The predicted molar refractivity (Wildman–Crippen MR) is 48.4 cm³/mol. The molecule has 0 aromatic heterocycles. The van der Waals surface area contributed by atoms with Crippen LogP contribution < -0.4 is 0 Å². The minimum Gasteiger partial charge on any atom is -0.481 e. The molecule has 13 heavy (non-hydrogen) atoms. The van der Waals surface area contributed by atoms with Crippen molar-refractivity contribution >= 4 is 12.3 Å². The molecular formula is C10H16O3. The second-order valence-corrected chi connectivity index (χ2v) is 3.95. The van der Waals surface area contributed by atoms with E-state index in [1.54, 1.807) is 0 Å². The number of rotatable bonds is 3. The van der Waals surface area contributed by atoms with Crippen molar-refractivity contribution in [3.63, 3.8) is 0 Å². The molecule has 0 saturated heterocycles. The Morgan fingerprint density at radius 3 is 2.38 bits per heavy atom. The third-order valence-corrected chi connectivity index (χ3v) is 3.28. The molecule has 1 aliphatic rings. The Labute approximate surface area is 78.1 Å². The normalized spacial score (nSPS) is 34.1. The number of carboxylic acids is 1. The molecule has 0 aromatic rings. The van der Waals surface area contributed by atoms with Crippen molar-refractivity contribution in [3.8, 4) is 0 Å². The summed E-state index contributed by atoms with van der Waals surface area (Å²) in [7, 11) is 0. The van der Waals surface area contributed by atoms with E-state index in [4.69, 9.17) is 5.11 Å². The zero-order chi connectivity index (χ0) is 9.90. The van der Waals surface area contributed by atoms with Crippen LogP contribution in [0.3, 0.4) is 0 Å². The molecule has 1 rings (SSSR count). The van der Waals surface area contributed by atoms with Crippen molar-refractivity contribution in [2.75, 3.05) is 0 Å². The Kier molecular flexibility index (Phi) is 3.07. The molecule has 3 heteroatoms. The molecule has 1 aliphatic carbocycles. The maximum atomic E-state index is 10.8. The van der Waals surface area contributed by atoms with E-state index in [9.17, 15) is 9.59 Å². The fraction of sp³-hybridized carbons (Fsp3) is 0.800. The number of carbonyl (C=O) groups is 2. The van der Waals surface area contributed by atoms with Gasteiger partial charge in [0.1, 0.15) is 6.29 Å². The monoisotopic (exact) mass is 184 g/mol. The maximum absolute atomic E-state index is 10.8. The lowest BCUT2D eigenvalue weighted by Gasteiger charge is -2.33. The first kappa shape index (κ1) is 10.2. The van der Waals surface area contributed by atoms with Crippen molar-refractivity contribution in [1.29, 1.82) is 0 Å². The Hall–Kier alpha value is -0.860. The molecule has 0 radical (unpaired) electrons. The quantitative estimate of drug-likeness (QED) is 0.681. The summed E-state index contributed by atoms with van der Waals surface area (Å²) in [5.74, 6) is -0.935. The fourth-order valence-electron chi connectivity index (χ4n) is 1.99. The average Bonchev–Trinajstić information content (AvgIpc) is 2.18. The summed E-state index contributed by atoms with van der Waals surface area (Å²) in [6.07, 6.45) is 4.64. The van der Waals surface area contributed by atoms with Gasteiger partial charge in [-0.25, -0.2) is 0 Å². The molecular weight excluding hydrogens is 168 g/mol. The van der Waals surface area contributed by atoms with Gasteiger partial charge in [0.05, 0.1) is 5.92 Å². The minimum absolute atomic E-state index is 0.216. The number of carboxylic acid groups (broad SMARTS) is 1. The SMILES string of the molecule is CCC1(C=O)CCC(C(=O)O)CC1. The molecule has 1 saturated carbocycles. The van der Waals surface area contributed by atoms with Crippen LogP contribution in [0.15, 0.2) is 0 Å². The summed E-state index contributed by atoms with van der Waals surface area (Å²) in [6, 6.07) is 0. The summed E-state index contributed by atoms with van der Waals surface area (Å²) < 4.78 is 0. The highest BCUT2D eigenvalue weighted by atomic mass is 16.4. The number of hydrogen-bond acceptors (Lipinski definition) is 2. The first-order chi connectivity index (χ1) is 6.13.